The van der Waals surface area contributed by atoms with E-state index < -0.39 is 0 Å². The highest BCUT2D eigenvalue weighted by Gasteiger charge is 2.16. The molecule has 0 saturated carbocycles. The van der Waals surface area contributed by atoms with Crippen LogP contribution in [0, 0.1) is 20.8 Å². The molecule has 2 aromatic carbocycles. The van der Waals surface area contributed by atoms with Crippen LogP contribution < -0.4 is 10.1 Å². The number of ether oxygens (including phenoxy) is 1. The van der Waals surface area contributed by atoms with Crippen molar-refractivity contribution < 1.29 is 9.53 Å². The Bertz CT molecular complexity index is 1200. The van der Waals surface area contributed by atoms with E-state index in [2.05, 4.69) is 66.0 Å². The zero-order chi connectivity index (χ0) is 22.0. The number of nitrogens with zero attached hydrogens (tertiary/aromatic N) is 2. The van der Waals surface area contributed by atoms with E-state index in [1.54, 1.807) is 7.11 Å². The van der Waals surface area contributed by atoms with Crippen LogP contribution in [-0.2, 0) is 11.2 Å². The summed E-state index contributed by atoms with van der Waals surface area (Å²) in [7, 11) is 1.62. The van der Waals surface area contributed by atoms with E-state index in [4.69, 9.17) is 4.74 Å². The Morgan fingerprint density at radius 2 is 1.77 bits per heavy atom. The average Bonchev–Trinajstić information content (AvgIpc) is 3.33. The molecular weight excluding hydrogens is 406 g/mol. The van der Waals surface area contributed by atoms with E-state index in [1.807, 2.05) is 29.6 Å². The Kier molecular flexibility index (Phi) is 5.91. The Morgan fingerprint density at radius 1 is 1.06 bits per heavy atom. The predicted molar refractivity (Wildman–Crippen MR) is 126 cm³/mol. The van der Waals surface area contributed by atoms with Crippen LogP contribution >= 0.6 is 11.3 Å². The van der Waals surface area contributed by atoms with Crippen molar-refractivity contribution in [3.8, 4) is 22.7 Å². The lowest BCUT2D eigenvalue weighted by Gasteiger charge is -2.10. The van der Waals surface area contributed by atoms with Gasteiger partial charge in [0.2, 0.25) is 5.91 Å². The van der Waals surface area contributed by atoms with Crippen LogP contribution in [0.15, 0.2) is 60.0 Å². The maximum Gasteiger partial charge on any atom is 0.230 e. The van der Waals surface area contributed by atoms with Gasteiger partial charge in [-0.15, -0.1) is 11.3 Å². The predicted octanol–water partition coefficient (Wildman–Crippen LogP) is 5.72. The number of anilines is 1. The number of rotatable bonds is 6. The third kappa shape index (κ3) is 4.54. The third-order valence-corrected chi connectivity index (χ3v) is 6.03. The molecule has 2 heterocycles. The first-order valence-corrected chi connectivity index (χ1v) is 11.0. The highest BCUT2D eigenvalue weighted by Crippen LogP contribution is 2.31. The van der Waals surface area contributed by atoms with Gasteiger partial charge in [-0.3, -0.25) is 4.79 Å². The number of thiazole rings is 1. The van der Waals surface area contributed by atoms with Crippen LogP contribution in [0.25, 0.3) is 16.9 Å². The second-order valence-corrected chi connectivity index (χ2v) is 8.42. The van der Waals surface area contributed by atoms with E-state index in [9.17, 15) is 4.79 Å². The molecule has 0 aliphatic carbocycles. The molecule has 2 aromatic heterocycles. The molecule has 0 aliphatic heterocycles. The summed E-state index contributed by atoms with van der Waals surface area (Å²) < 4.78 is 7.39. The normalized spacial score (nSPS) is 10.8. The minimum atomic E-state index is -0.0869. The topological polar surface area (TPSA) is 56.1 Å². The van der Waals surface area contributed by atoms with Crippen molar-refractivity contribution in [2.45, 2.75) is 27.2 Å². The lowest BCUT2D eigenvalue weighted by molar-refractivity contribution is -0.115. The first-order chi connectivity index (χ1) is 14.9. The molecule has 158 valence electrons. The molecule has 31 heavy (non-hydrogen) atoms. The molecule has 0 unspecified atom stereocenters. The third-order valence-electron chi connectivity index (χ3n) is 5.27. The van der Waals surface area contributed by atoms with Crippen LogP contribution in [0.5, 0.6) is 5.75 Å². The van der Waals surface area contributed by atoms with Gasteiger partial charge in [-0.2, -0.15) is 0 Å². The molecule has 0 fully saturated rings. The van der Waals surface area contributed by atoms with Crippen molar-refractivity contribution in [3.05, 3.63) is 82.5 Å². The van der Waals surface area contributed by atoms with Gasteiger partial charge in [-0.1, -0.05) is 29.8 Å². The van der Waals surface area contributed by atoms with E-state index in [-0.39, 0.29) is 5.91 Å². The molecule has 0 bridgehead atoms. The zero-order valence-electron chi connectivity index (χ0n) is 18.1. The van der Waals surface area contributed by atoms with Crippen molar-refractivity contribution in [3.63, 3.8) is 0 Å². The number of methoxy groups -OCH3 is 1. The molecule has 4 rings (SSSR count). The monoisotopic (exact) mass is 431 g/mol. The Balaban J connectivity index is 1.50. The number of carbonyl (C=O) groups excluding carboxylic acids is 1. The van der Waals surface area contributed by atoms with Crippen LogP contribution in [0.1, 0.15) is 22.5 Å². The highest BCUT2D eigenvalue weighted by molar-refractivity contribution is 7.14. The highest BCUT2D eigenvalue weighted by atomic mass is 32.1. The Labute approximate surface area is 186 Å². The number of benzene rings is 2. The zero-order valence-corrected chi connectivity index (χ0v) is 18.9. The Hall–Kier alpha value is -3.38. The van der Waals surface area contributed by atoms with Crippen molar-refractivity contribution in [1.29, 1.82) is 0 Å². The summed E-state index contributed by atoms with van der Waals surface area (Å²) in [4.78, 5) is 17.1. The summed E-state index contributed by atoms with van der Waals surface area (Å²) in [6.45, 7) is 6.29. The van der Waals surface area contributed by atoms with Gasteiger partial charge in [0.1, 0.15) is 5.75 Å². The van der Waals surface area contributed by atoms with Crippen LogP contribution in [-0.4, -0.2) is 22.6 Å². The molecule has 0 saturated heterocycles. The minimum Gasteiger partial charge on any atom is -0.497 e. The van der Waals surface area contributed by atoms with Crippen LogP contribution in [0.4, 0.5) is 5.13 Å². The summed E-state index contributed by atoms with van der Waals surface area (Å²) in [5.74, 6) is 0.688. The summed E-state index contributed by atoms with van der Waals surface area (Å²) in [6.07, 6.45) is 0.293. The average molecular weight is 432 g/mol. The van der Waals surface area contributed by atoms with Gasteiger partial charge in [-0.05, 0) is 56.7 Å². The smallest absolute Gasteiger partial charge is 0.230 e. The largest absolute Gasteiger partial charge is 0.497 e. The fourth-order valence-corrected chi connectivity index (χ4v) is 4.39. The van der Waals surface area contributed by atoms with E-state index in [0.717, 1.165) is 39.6 Å². The fourth-order valence-electron chi connectivity index (χ4n) is 3.66. The summed E-state index contributed by atoms with van der Waals surface area (Å²) >= 11 is 1.44. The standard InChI is InChI=1S/C25H25N3O2S/c1-16-5-9-20(10-6-16)28-17(2)13-22(18(28)3)23-15-31-25(26-23)27-24(29)14-19-7-11-21(30-4)12-8-19/h5-13,15H,14H2,1-4H3,(H,26,27,29). The molecule has 4 aromatic rings. The first-order valence-electron chi connectivity index (χ1n) is 10.1. The van der Waals surface area contributed by atoms with Gasteiger partial charge in [0, 0.05) is 28.0 Å². The van der Waals surface area contributed by atoms with Gasteiger partial charge >= 0.3 is 0 Å². The van der Waals surface area contributed by atoms with E-state index in [1.165, 1.54) is 16.9 Å². The fraction of sp³-hybridized carbons (Fsp3) is 0.200. The maximum absolute atomic E-state index is 12.4. The SMILES string of the molecule is COc1ccc(CC(=O)Nc2nc(-c3cc(C)n(-c4ccc(C)cc4)c3C)cs2)cc1. The van der Waals surface area contributed by atoms with E-state index >= 15 is 0 Å². The van der Waals surface area contributed by atoms with Gasteiger partial charge in [0.05, 0.1) is 19.2 Å². The summed E-state index contributed by atoms with van der Waals surface area (Å²) in [5, 5.41) is 5.51. The van der Waals surface area contributed by atoms with Crippen molar-refractivity contribution in [2.24, 2.45) is 0 Å². The molecule has 5 nitrogen and oxygen atoms in total. The number of carbonyl (C=O) groups is 1. The van der Waals surface area contributed by atoms with Crippen molar-refractivity contribution in [1.82, 2.24) is 9.55 Å². The number of amides is 1. The number of aryl methyl sites for hydroxylation is 2. The number of hydrogen-bond donors (Lipinski definition) is 1. The second-order valence-electron chi connectivity index (χ2n) is 7.57. The van der Waals surface area contributed by atoms with Crippen LogP contribution in [0.2, 0.25) is 0 Å². The molecule has 0 spiro atoms. The quantitative estimate of drug-likeness (QED) is 0.425. The van der Waals surface area contributed by atoms with Crippen molar-refractivity contribution >= 4 is 22.4 Å². The second kappa shape index (κ2) is 8.78. The molecule has 0 radical (unpaired) electrons. The molecule has 1 N–H and O–H groups in total. The summed E-state index contributed by atoms with van der Waals surface area (Å²) in [6, 6.07) is 18.1. The van der Waals surface area contributed by atoms with E-state index in [0.29, 0.717) is 11.6 Å². The molecule has 0 atom stereocenters. The van der Waals surface area contributed by atoms with Gasteiger partial charge in [0.15, 0.2) is 5.13 Å². The van der Waals surface area contributed by atoms with Gasteiger partial charge in [-0.25, -0.2) is 4.98 Å². The number of nitrogens with one attached hydrogen (secondary N) is 1. The minimum absolute atomic E-state index is 0.0869. The van der Waals surface area contributed by atoms with Gasteiger partial charge in [0.25, 0.3) is 0 Å². The summed E-state index contributed by atoms with van der Waals surface area (Å²) in [5.41, 5.74) is 7.52. The number of hydrogen-bond acceptors (Lipinski definition) is 4. The lowest BCUT2D eigenvalue weighted by atomic mass is 10.1. The van der Waals surface area contributed by atoms with Crippen LogP contribution in [0.3, 0.4) is 0 Å². The maximum atomic E-state index is 12.4. The van der Waals surface area contributed by atoms with Gasteiger partial charge < -0.3 is 14.6 Å². The Morgan fingerprint density at radius 3 is 2.45 bits per heavy atom. The molecule has 0 aliphatic rings. The number of aromatic nitrogens is 2. The molecule has 1 amide bonds. The van der Waals surface area contributed by atoms with Crippen molar-refractivity contribution in [2.75, 3.05) is 12.4 Å². The molecule has 6 heteroatoms. The lowest BCUT2D eigenvalue weighted by Crippen LogP contribution is -2.14. The molecular formula is C25H25N3O2S. The first kappa shape index (κ1) is 20.9.